The van der Waals surface area contributed by atoms with E-state index in [1.165, 1.54) is 5.56 Å². The molecule has 3 rings (SSSR count). The number of hydrogen-bond acceptors (Lipinski definition) is 4. The summed E-state index contributed by atoms with van der Waals surface area (Å²) >= 11 is 0. The maximum atomic E-state index is 12.2. The Labute approximate surface area is 165 Å². The molecule has 0 aliphatic carbocycles. The van der Waals surface area contributed by atoms with E-state index in [-0.39, 0.29) is 25.0 Å². The topological polar surface area (TPSA) is 67.9 Å². The molecule has 6 heteroatoms. The molecule has 148 valence electrons. The number of hydrogen-bond donors (Lipinski definition) is 1. The zero-order valence-electron chi connectivity index (χ0n) is 16.4. The molecule has 0 saturated carbocycles. The summed E-state index contributed by atoms with van der Waals surface area (Å²) in [7, 11) is 0. The monoisotopic (exact) mass is 382 g/mol. The Hall–Kier alpha value is -3.02. The fraction of sp³-hybridized carbons (Fsp3) is 0.364. The van der Waals surface area contributed by atoms with Crippen LogP contribution in [0.25, 0.3) is 0 Å². The molecule has 1 N–H and O–H groups in total. The van der Waals surface area contributed by atoms with E-state index in [9.17, 15) is 9.59 Å². The van der Waals surface area contributed by atoms with Gasteiger partial charge in [-0.3, -0.25) is 9.59 Å². The molecule has 1 aliphatic rings. The van der Waals surface area contributed by atoms with Gasteiger partial charge in [0.25, 0.3) is 11.8 Å². The molecular formula is C22H26N2O4. The van der Waals surface area contributed by atoms with Crippen molar-refractivity contribution in [2.24, 2.45) is 0 Å². The number of benzene rings is 2. The van der Waals surface area contributed by atoms with E-state index in [0.29, 0.717) is 29.4 Å². The lowest BCUT2D eigenvalue weighted by Crippen LogP contribution is -2.39. The van der Waals surface area contributed by atoms with Crippen molar-refractivity contribution in [1.29, 1.82) is 0 Å². The van der Waals surface area contributed by atoms with Crippen molar-refractivity contribution in [2.45, 2.75) is 33.1 Å². The number of amides is 2. The summed E-state index contributed by atoms with van der Waals surface area (Å²) in [4.78, 5) is 26.2. The Kier molecular flexibility index (Phi) is 6.53. The molecule has 0 radical (unpaired) electrons. The van der Waals surface area contributed by atoms with Crippen molar-refractivity contribution in [1.82, 2.24) is 0 Å². The molecule has 2 amide bonds. The summed E-state index contributed by atoms with van der Waals surface area (Å²) in [6.07, 6.45) is 2.86. The summed E-state index contributed by atoms with van der Waals surface area (Å²) in [5.41, 5.74) is 2.52. The Morgan fingerprint density at radius 2 is 1.96 bits per heavy atom. The molecule has 2 aromatic carbocycles. The van der Waals surface area contributed by atoms with E-state index in [2.05, 4.69) is 19.2 Å². The molecule has 0 spiro atoms. The normalized spacial score (nSPS) is 12.9. The average molecular weight is 382 g/mol. The van der Waals surface area contributed by atoms with E-state index < -0.39 is 0 Å². The fourth-order valence-corrected chi connectivity index (χ4v) is 3.01. The van der Waals surface area contributed by atoms with Crippen LogP contribution in [0.2, 0.25) is 0 Å². The summed E-state index contributed by atoms with van der Waals surface area (Å²) in [5.74, 6) is 0.981. The molecule has 6 nitrogen and oxygen atoms in total. The van der Waals surface area contributed by atoms with Crippen LogP contribution in [-0.2, 0) is 16.0 Å². The van der Waals surface area contributed by atoms with E-state index in [1.54, 1.807) is 23.1 Å². The van der Waals surface area contributed by atoms with Crippen LogP contribution < -0.4 is 19.7 Å². The lowest BCUT2D eigenvalue weighted by Gasteiger charge is -2.29. The number of ether oxygens (including phenoxy) is 2. The predicted molar refractivity (Wildman–Crippen MR) is 109 cm³/mol. The first-order valence-corrected chi connectivity index (χ1v) is 9.69. The Balaban J connectivity index is 1.63. The summed E-state index contributed by atoms with van der Waals surface area (Å²) in [6, 6.07) is 13.0. The molecule has 0 saturated heterocycles. The molecule has 0 bridgehead atoms. The van der Waals surface area contributed by atoms with Crippen molar-refractivity contribution >= 4 is 23.2 Å². The second kappa shape index (κ2) is 9.26. The first kappa shape index (κ1) is 19.7. The molecule has 0 aromatic heterocycles. The van der Waals surface area contributed by atoms with Gasteiger partial charge in [0.05, 0.1) is 5.69 Å². The number of aryl methyl sites for hydroxylation is 1. The van der Waals surface area contributed by atoms with Gasteiger partial charge in [-0.25, -0.2) is 0 Å². The number of carbonyl (C=O) groups excluding carboxylic acids is 2. The Morgan fingerprint density at radius 1 is 1.18 bits per heavy atom. The van der Waals surface area contributed by atoms with Crippen LogP contribution in [-0.4, -0.2) is 31.6 Å². The minimum absolute atomic E-state index is 0.0487. The predicted octanol–water partition coefficient (Wildman–Crippen LogP) is 3.79. The van der Waals surface area contributed by atoms with Gasteiger partial charge in [0.15, 0.2) is 13.2 Å². The largest absolute Gasteiger partial charge is 0.484 e. The van der Waals surface area contributed by atoms with Gasteiger partial charge in [-0.1, -0.05) is 32.4 Å². The third-order valence-corrected chi connectivity index (χ3v) is 4.62. The van der Waals surface area contributed by atoms with Gasteiger partial charge in [-0.2, -0.15) is 0 Å². The molecule has 0 unspecified atom stereocenters. The number of unbranched alkanes of at least 4 members (excludes halogenated alkanes) is 1. The molecule has 2 aromatic rings. The maximum absolute atomic E-state index is 12.2. The van der Waals surface area contributed by atoms with Crippen LogP contribution in [0.5, 0.6) is 11.5 Å². The molecule has 28 heavy (non-hydrogen) atoms. The lowest BCUT2D eigenvalue weighted by atomic mass is 10.2. The van der Waals surface area contributed by atoms with E-state index in [4.69, 9.17) is 9.47 Å². The van der Waals surface area contributed by atoms with E-state index in [0.717, 1.165) is 19.3 Å². The summed E-state index contributed by atoms with van der Waals surface area (Å²) in [5, 5.41) is 2.82. The van der Waals surface area contributed by atoms with Crippen LogP contribution in [0.1, 0.15) is 32.3 Å². The number of nitrogens with zero attached hydrogens (tertiary/aromatic N) is 1. The van der Waals surface area contributed by atoms with Gasteiger partial charge in [-0.05, 0) is 48.7 Å². The van der Waals surface area contributed by atoms with Gasteiger partial charge >= 0.3 is 0 Å². The van der Waals surface area contributed by atoms with Gasteiger partial charge in [0, 0.05) is 12.2 Å². The zero-order chi connectivity index (χ0) is 19.9. The first-order valence-electron chi connectivity index (χ1n) is 9.69. The SMILES string of the molecule is CCCCN1C(=O)COc2ccc(NC(=O)COc3ccc(CC)cc3)cc21. The molecule has 0 fully saturated rings. The highest BCUT2D eigenvalue weighted by Gasteiger charge is 2.25. The van der Waals surface area contributed by atoms with Gasteiger partial charge in [-0.15, -0.1) is 0 Å². The molecular weight excluding hydrogens is 356 g/mol. The molecule has 0 atom stereocenters. The number of carbonyl (C=O) groups is 2. The van der Waals surface area contributed by atoms with Crippen LogP contribution in [0.4, 0.5) is 11.4 Å². The number of nitrogens with one attached hydrogen (secondary N) is 1. The second-order valence-corrected chi connectivity index (χ2v) is 6.70. The van der Waals surface area contributed by atoms with Gasteiger partial charge in [0.2, 0.25) is 0 Å². The van der Waals surface area contributed by atoms with Crippen molar-refractivity contribution in [3.63, 3.8) is 0 Å². The zero-order valence-corrected chi connectivity index (χ0v) is 16.4. The fourth-order valence-electron chi connectivity index (χ4n) is 3.01. The van der Waals surface area contributed by atoms with Gasteiger partial charge in [0.1, 0.15) is 11.5 Å². The highest BCUT2D eigenvalue weighted by atomic mass is 16.5. The van der Waals surface area contributed by atoms with E-state index >= 15 is 0 Å². The van der Waals surface area contributed by atoms with Gasteiger partial charge < -0.3 is 19.7 Å². The van der Waals surface area contributed by atoms with Crippen molar-refractivity contribution in [2.75, 3.05) is 30.0 Å². The summed E-state index contributed by atoms with van der Waals surface area (Å²) in [6.45, 7) is 4.77. The smallest absolute Gasteiger partial charge is 0.265 e. The van der Waals surface area contributed by atoms with E-state index in [1.807, 2.05) is 24.3 Å². The Bertz CT molecular complexity index is 833. The summed E-state index contributed by atoms with van der Waals surface area (Å²) < 4.78 is 11.0. The van der Waals surface area contributed by atoms with Crippen LogP contribution in [0, 0.1) is 0 Å². The number of rotatable bonds is 8. The maximum Gasteiger partial charge on any atom is 0.265 e. The van der Waals surface area contributed by atoms with Crippen LogP contribution >= 0.6 is 0 Å². The third-order valence-electron chi connectivity index (χ3n) is 4.62. The minimum atomic E-state index is -0.261. The Morgan fingerprint density at radius 3 is 2.68 bits per heavy atom. The lowest BCUT2D eigenvalue weighted by molar-refractivity contribution is -0.121. The average Bonchev–Trinajstić information content (AvgIpc) is 2.72. The van der Waals surface area contributed by atoms with Crippen LogP contribution in [0.15, 0.2) is 42.5 Å². The highest BCUT2D eigenvalue weighted by Crippen LogP contribution is 2.34. The van der Waals surface area contributed by atoms with Crippen LogP contribution in [0.3, 0.4) is 0 Å². The number of fused-ring (bicyclic) bond motifs is 1. The third kappa shape index (κ3) is 4.82. The van der Waals surface area contributed by atoms with Crippen molar-refractivity contribution in [3.8, 4) is 11.5 Å². The van der Waals surface area contributed by atoms with Crippen molar-refractivity contribution < 1.29 is 19.1 Å². The number of anilines is 2. The first-order chi connectivity index (χ1) is 13.6. The standard InChI is InChI=1S/C22H26N2O4/c1-3-5-12-24-19-13-17(8-11-20(19)28-15-22(24)26)23-21(25)14-27-18-9-6-16(4-2)7-10-18/h6-11,13H,3-5,12,14-15H2,1-2H3,(H,23,25). The van der Waals surface area contributed by atoms with Crippen molar-refractivity contribution in [3.05, 3.63) is 48.0 Å². The molecule has 1 heterocycles. The second-order valence-electron chi connectivity index (χ2n) is 6.70. The molecule has 1 aliphatic heterocycles. The quantitative estimate of drug-likeness (QED) is 0.754. The minimum Gasteiger partial charge on any atom is -0.484 e. The highest BCUT2D eigenvalue weighted by molar-refractivity contribution is 5.99.